The summed E-state index contributed by atoms with van der Waals surface area (Å²) in [4.78, 5) is 0. The number of halogens is 2. The smallest absolute Gasteiger partial charge is 0.0346 e. The minimum Gasteiger partial charge on any atom is -0.324 e. The number of nitrogens with two attached hydrogens (primary N) is 1. The molecule has 0 aliphatic heterocycles. The fourth-order valence-electron chi connectivity index (χ4n) is 2.09. The largest absolute Gasteiger partial charge is 0.324 e. The third-order valence-electron chi connectivity index (χ3n) is 3.38. The summed E-state index contributed by atoms with van der Waals surface area (Å²) < 4.78 is 2.30. The highest BCUT2D eigenvalue weighted by Gasteiger charge is 2.11. The number of aryl methyl sites for hydroxylation is 2. The van der Waals surface area contributed by atoms with Crippen LogP contribution in [0.5, 0.6) is 0 Å². The summed E-state index contributed by atoms with van der Waals surface area (Å²) in [6.07, 6.45) is 0.869. The van der Waals surface area contributed by atoms with E-state index < -0.39 is 0 Å². The lowest BCUT2D eigenvalue weighted by Crippen LogP contribution is -2.15. The standard InChI is InChI=1S/C16H17BrIN/c1-10-3-4-12(7-11(10)2)8-16(19)14-9-13(17)5-6-15(14)18/h3-7,9,16H,8,19H2,1-2H3. The van der Waals surface area contributed by atoms with Gasteiger partial charge in [0.15, 0.2) is 0 Å². The number of benzene rings is 2. The lowest BCUT2D eigenvalue weighted by molar-refractivity contribution is 0.717. The molecule has 1 atom stereocenters. The third-order valence-corrected chi connectivity index (χ3v) is 4.86. The molecule has 2 N–H and O–H groups in total. The second-order valence-corrected chi connectivity index (χ2v) is 6.97. The fourth-order valence-corrected chi connectivity index (χ4v) is 3.21. The van der Waals surface area contributed by atoms with Gasteiger partial charge in [-0.05, 0) is 83.3 Å². The zero-order valence-electron chi connectivity index (χ0n) is 11.1. The van der Waals surface area contributed by atoms with E-state index in [0.29, 0.717) is 0 Å². The molecule has 2 aromatic carbocycles. The molecule has 19 heavy (non-hydrogen) atoms. The Morgan fingerprint density at radius 2 is 1.84 bits per heavy atom. The van der Waals surface area contributed by atoms with Gasteiger partial charge in [0, 0.05) is 14.1 Å². The fraction of sp³-hybridized carbons (Fsp3) is 0.250. The number of hydrogen-bond donors (Lipinski definition) is 1. The molecule has 2 aromatic rings. The van der Waals surface area contributed by atoms with Crippen LogP contribution in [-0.2, 0) is 6.42 Å². The van der Waals surface area contributed by atoms with Gasteiger partial charge in [-0.3, -0.25) is 0 Å². The second-order valence-electron chi connectivity index (χ2n) is 4.90. The molecule has 0 aliphatic rings. The molecule has 0 fully saturated rings. The first kappa shape index (κ1) is 15.0. The van der Waals surface area contributed by atoms with E-state index in [0.717, 1.165) is 10.9 Å². The Bertz CT molecular complexity index is 595. The van der Waals surface area contributed by atoms with Crippen molar-refractivity contribution >= 4 is 38.5 Å². The molecule has 1 nitrogen and oxygen atoms in total. The van der Waals surface area contributed by atoms with Crippen molar-refractivity contribution in [2.45, 2.75) is 26.3 Å². The zero-order valence-corrected chi connectivity index (χ0v) is 14.8. The molecule has 0 amide bonds. The van der Waals surface area contributed by atoms with Crippen molar-refractivity contribution < 1.29 is 0 Å². The molecule has 1 unspecified atom stereocenters. The lowest BCUT2D eigenvalue weighted by Gasteiger charge is -2.15. The van der Waals surface area contributed by atoms with Crippen molar-refractivity contribution in [3.8, 4) is 0 Å². The summed E-state index contributed by atoms with van der Waals surface area (Å²) in [5.74, 6) is 0. The molecule has 100 valence electrons. The van der Waals surface area contributed by atoms with E-state index in [2.05, 4.69) is 82.7 Å². The minimum atomic E-state index is 0.0338. The van der Waals surface area contributed by atoms with Gasteiger partial charge >= 0.3 is 0 Å². The van der Waals surface area contributed by atoms with Gasteiger partial charge in [-0.1, -0.05) is 34.1 Å². The first-order chi connectivity index (χ1) is 8.97. The van der Waals surface area contributed by atoms with Gasteiger partial charge in [0.05, 0.1) is 0 Å². The highest BCUT2D eigenvalue weighted by molar-refractivity contribution is 14.1. The average molecular weight is 430 g/mol. The maximum absolute atomic E-state index is 6.36. The Morgan fingerprint density at radius 3 is 2.53 bits per heavy atom. The van der Waals surface area contributed by atoms with E-state index in [1.165, 1.54) is 25.8 Å². The van der Waals surface area contributed by atoms with Crippen LogP contribution in [0.4, 0.5) is 0 Å². The van der Waals surface area contributed by atoms with E-state index in [9.17, 15) is 0 Å². The topological polar surface area (TPSA) is 26.0 Å². The molecule has 3 heteroatoms. The predicted molar refractivity (Wildman–Crippen MR) is 93.4 cm³/mol. The van der Waals surface area contributed by atoms with Gasteiger partial charge in [-0.15, -0.1) is 0 Å². The molecule has 0 saturated heterocycles. The Morgan fingerprint density at radius 1 is 1.11 bits per heavy atom. The maximum atomic E-state index is 6.36. The average Bonchev–Trinajstić information content (AvgIpc) is 2.36. The highest BCUT2D eigenvalue weighted by Crippen LogP contribution is 2.25. The normalized spacial score (nSPS) is 12.5. The van der Waals surface area contributed by atoms with Crippen molar-refractivity contribution in [2.24, 2.45) is 5.73 Å². The first-order valence-corrected chi connectivity index (χ1v) is 8.11. The molecular formula is C16H17BrIN. The van der Waals surface area contributed by atoms with Crippen LogP contribution in [0.3, 0.4) is 0 Å². The van der Waals surface area contributed by atoms with E-state index in [4.69, 9.17) is 5.73 Å². The van der Waals surface area contributed by atoms with Crippen molar-refractivity contribution in [1.82, 2.24) is 0 Å². The Labute approximate surface area is 136 Å². The van der Waals surface area contributed by atoms with Gasteiger partial charge < -0.3 is 5.73 Å². The van der Waals surface area contributed by atoms with E-state index in [1.54, 1.807) is 0 Å². The molecule has 0 aromatic heterocycles. The minimum absolute atomic E-state index is 0.0338. The first-order valence-electron chi connectivity index (χ1n) is 6.24. The quantitative estimate of drug-likeness (QED) is 0.689. The molecule has 0 aliphatic carbocycles. The Kier molecular flexibility index (Phi) is 5.03. The summed E-state index contributed by atoms with van der Waals surface area (Å²) >= 11 is 5.86. The van der Waals surface area contributed by atoms with Crippen LogP contribution in [0.1, 0.15) is 28.3 Å². The zero-order chi connectivity index (χ0) is 14.0. The molecule has 0 spiro atoms. The summed E-state index contributed by atoms with van der Waals surface area (Å²) in [6.45, 7) is 4.28. The van der Waals surface area contributed by atoms with Crippen LogP contribution >= 0.6 is 38.5 Å². The number of rotatable bonds is 3. The van der Waals surface area contributed by atoms with E-state index in [-0.39, 0.29) is 6.04 Å². The monoisotopic (exact) mass is 429 g/mol. The van der Waals surface area contributed by atoms with Crippen LogP contribution in [-0.4, -0.2) is 0 Å². The third kappa shape index (κ3) is 3.80. The van der Waals surface area contributed by atoms with Crippen LogP contribution < -0.4 is 5.73 Å². The summed E-state index contributed by atoms with van der Waals surface area (Å²) in [5.41, 5.74) is 11.5. The van der Waals surface area contributed by atoms with Crippen LogP contribution in [0.25, 0.3) is 0 Å². The molecule has 0 saturated carbocycles. The summed E-state index contributed by atoms with van der Waals surface area (Å²) in [5, 5.41) is 0. The van der Waals surface area contributed by atoms with Gasteiger partial charge in [0.1, 0.15) is 0 Å². The lowest BCUT2D eigenvalue weighted by atomic mass is 9.97. The summed E-state index contributed by atoms with van der Waals surface area (Å²) in [7, 11) is 0. The van der Waals surface area contributed by atoms with Crippen molar-refractivity contribution in [1.29, 1.82) is 0 Å². The second kappa shape index (κ2) is 6.37. The summed E-state index contributed by atoms with van der Waals surface area (Å²) in [6, 6.07) is 12.9. The van der Waals surface area contributed by atoms with Gasteiger partial charge in [-0.2, -0.15) is 0 Å². The van der Waals surface area contributed by atoms with E-state index in [1.807, 2.05) is 6.07 Å². The molecular weight excluding hydrogens is 413 g/mol. The predicted octanol–water partition coefficient (Wildman–Crippen LogP) is 4.91. The molecule has 2 rings (SSSR count). The Hall–Kier alpha value is -0.390. The molecule has 0 bridgehead atoms. The maximum Gasteiger partial charge on any atom is 0.0346 e. The van der Waals surface area contributed by atoms with Crippen LogP contribution in [0.15, 0.2) is 40.9 Å². The van der Waals surface area contributed by atoms with Crippen molar-refractivity contribution in [3.05, 3.63) is 66.7 Å². The van der Waals surface area contributed by atoms with Gasteiger partial charge in [0.25, 0.3) is 0 Å². The van der Waals surface area contributed by atoms with Crippen LogP contribution in [0.2, 0.25) is 0 Å². The SMILES string of the molecule is Cc1ccc(CC(N)c2cc(Br)ccc2I)cc1C. The van der Waals surface area contributed by atoms with Crippen LogP contribution in [0, 0.1) is 17.4 Å². The molecule has 0 heterocycles. The van der Waals surface area contributed by atoms with Gasteiger partial charge in [0.2, 0.25) is 0 Å². The van der Waals surface area contributed by atoms with E-state index >= 15 is 0 Å². The number of hydrogen-bond acceptors (Lipinski definition) is 1. The van der Waals surface area contributed by atoms with Crippen molar-refractivity contribution in [3.63, 3.8) is 0 Å². The highest BCUT2D eigenvalue weighted by atomic mass is 127. The van der Waals surface area contributed by atoms with Crippen molar-refractivity contribution in [2.75, 3.05) is 0 Å². The molecule has 0 radical (unpaired) electrons. The van der Waals surface area contributed by atoms with Gasteiger partial charge in [-0.25, -0.2) is 0 Å². The Balaban J connectivity index is 2.22.